The van der Waals surface area contributed by atoms with Gasteiger partial charge in [-0.2, -0.15) is 0 Å². The highest BCUT2D eigenvalue weighted by Crippen LogP contribution is 2.24. The number of rotatable bonds is 4. The number of carbonyl (C=O) groups is 1. The molecule has 2 saturated heterocycles. The Morgan fingerprint density at radius 3 is 2.72 bits per heavy atom. The van der Waals surface area contributed by atoms with Crippen LogP contribution in [0.4, 0.5) is 0 Å². The van der Waals surface area contributed by atoms with E-state index in [1.807, 2.05) is 0 Å². The molecule has 0 radical (unpaired) electrons. The molecule has 0 aromatic rings. The first kappa shape index (κ1) is 14.0. The number of ether oxygens (including phenoxy) is 1. The SMILES string of the molecule is CC(=O)CC1CCCCCN1CC1CCC(C)O1. The fourth-order valence-corrected chi connectivity index (χ4v) is 3.32. The van der Waals surface area contributed by atoms with E-state index in [1.54, 1.807) is 6.92 Å². The van der Waals surface area contributed by atoms with E-state index in [0.717, 1.165) is 19.5 Å². The average molecular weight is 253 g/mol. The molecule has 2 heterocycles. The standard InChI is InChI=1S/C15H27NO2/c1-12(17)10-14-6-4-3-5-9-16(14)11-15-8-7-13(2)18-15/h13-15H,3-11H2,1-2H3. The number of carbonyl (C=O) groups excluding carboxylic acids is 1. The van der Waals surface area contributed by atoms with Crippen molar-refractivity contribution >= 4 is 5.78 Å². The van der Waals surface area contributed by atoms with Gasteiger partial charge in [-0.25, -0.2) is 0 Å². The monoisotopic (exact) mass is 253 g/mol. The Hall–Kier alpha value is -0.410. The van der Waals surface area contributed by atoms with Crippen molar-refractivity contribution in [1.82, 2.24) is 4.90 Å². The summed E-state index contributed by atoms with van der Waals surface area (Å²) in [6.45, 7) is 6.06. The molecule has 2 aliphatic heterocycles. The number of hydrogen-bond acceptors (Lipinski definition) is 3. The molecular weight excluding hydrogens is 226 g/mol. The fourth-order valence-electron chi connectivity index (χ4n) is 3.32. The third-order valence-corrected chi connectivity index (χ3v) is 4.28. The quantitative estimate of drug-likeness (QED) is 0.771. The van der Waals surface area contributed by atoms with Gasteiger partial charge >= 0.3 is 0 Å². The zero-order valence-corrected chi connectivity index (χ0v) is 11.9. The molecule has 0 aromatic carbocycles. The number of ketones is 1. The maximum absolute atomic E-state index is 11.4. The smallest absolute Gasteiger partial charge is 0.131 e. The van der Waals surface area contributed by atoms with Crippen LogP contribution in [0.2, 0.25) is 0 Å². The van der Waals surface area contributed by atoms with Crippen molar-refractivity contribution < 1.29 is 9.53 Å². The second-order valence-corrected chi connectivity index (χ2v) is 6.05. The first-order chi connectivity index (χ1) is 8.65. The van der Waals surface area contributed by atoms with Crippen LogP contribution in [0.25, 0.3) is 0 Å². The maximum atomic E-state index is 11.4. The third-order valence-electron chi connectivity index (χ3n) is 4.28. The van der Waals surface area contributed by atoms with Gasteiger partial charge in [-0.1, -0.05) is 12.8 Å². The van der Waals surface area contributed by atoms with Gasteiger partial charge in [0.25, 0.3) is 0 Å². The Labute approximate surface area is 111 Å². The van der Waals surface area contributed by atoms with Crippen LogP contribution in [0.15, 0.2) is 0 Å². The van der Waals surface area contributed by atoms with Crippen LogP contribution in [0, 0.1) is 0 Å². The molecular formula is C15H27NO2. The van der Waals surface area contributed by atoms with E-state index in [2.05, 4.69) is 11.8 Å². The number of likely N-dealkylation sites (tertiary alicyclic amines) is 1. The Morgan fingerprint density at radius 1 is 1.22 bits per heavy atom. The molecule has 104 valence electrons. The van der Waals surface area contributed by atoms with Crippen LogP contribution < -0.4 is 0 Å². The van der Waals surface area contributed by atoms with E-state index in [-0.39, 0.29) is 0 Å². The Kier molecular flexibility index (Phi) is 5.19. The predicted molar refractivity (Wildman–Crippen MR) is 72.7 cm³/mol. The van der Waals surface area contributed by atoms with E-state index in [0.29, 0.717) is 24.0 Å². The fraction of sp³-hybridized carbons (Fsp3) is 0.933. The molecule has 3 heteroatoms. The molecule has 0 aromatic heterocycles. The van der Waals surface area contributed by atoms with Gasteiger partial charge in [-0.3, -0.25) is 9.69 Å². The van der Waals surface area contributed by atoms with Gasteiger partial charge in [0, 0.05) is 19.0 Å². The van der Waals surface area contributed by atoms with E-state index in [1.165, 1.54) is 38.5 Å². The summed E-state index contributed by atoms with van der Waals surface area (Å²) in [6, 6.07) is 0.463. The summed E-state index contributed by atoms with van der Waals surface area (Å²) >= 11 is 0. The molecule has 0 spiro atoms. The van der Waals surface area contributed by atoms with Crippen molar-refractivity contribution in [3.63, 3.8) is 0 Å². The number of hydrogen-bond donors (Lipinski definition) is 0. The molecule has 2 aliphatic rings. The number of Topliss-reactive ketones (excluding diaryl/α,β-unsaturated/α-hetero) is 1. The van der Waals surface area contributed by atoms with E-state index in [9.17, 15) is 4.79 Å². The van der Waals surface area contributed by atoms with Gasteiger partial charge in [0.1, 0.15) is 5.78 Å². The summed E-state index contributed by atoms with van der Waals surface area (Å²) in [4.78, 5) is 13.9. The van der Waals surface area contributed by atoms with Gasteiger partial charge in [-0.05, 0) is 46.1 Å². The highest BCUT2D eigenvalue weighted by Gasteiger charge is 2.28. The lowest BCUT2D eigenvalue weighted by Gasteiger charge is -2.31. The van der Waals surface area contributed by atoms with Crippen molar-refractivity contribution in [1.29, 1.82) is 0 Å². The van der Waals surface area contributed by atoms with E-state index in [4.69, 9.17) is 4.74 Å². The predicted octanol–water partition coefficient (Wildman–Crippen LogP) is 2.78. The van der Waals surface area contributed by atoms with Crippen LogP contribution >= 0.6 is 0 Å². The lowest BCUT2D eigenvalue weighted by Crippen LogP contribution is -2.41. The van der Waals surface area contributed by atoms with Crippen molar-refractivity contribution in [2.24, 2.45) is 0 Å². The first-order valence-electron chi connectivity index (χ1n) is 7.54. The van der Waals surface area contributed by atoms with Gasteiger partial charge in [0.2, 0.25) is 0 Å². The van der Waals surface area contributed by atoms with Crippen LogP contribution in [-0.2, 0) is 9.53 Å². The van der Waals surface area contributed by atoms with Gasteiger partial charge in [-0.15, -0.1) is 0 Å². The molecule has 0 amide bonds. The highest BCUT2D eigenvalue weighted by molar-refractivity contribution is 5.76. The van der Waals surface area contributed by atoms with Crippen LogP contribution in [0.1, 0.15) is 58.8 Å². The molecule has 3 atom stereocenters. The number of nitrogens with zero attached hydrogens (tertiary/aromatic N) is 1. The topological polar surface area (TPSA) is 29.5 Å². The summed E-state index contributed by atoms with van der Waals surface area (Å²) in [5.41, 5.74) is 0. The van der Waals surface area contributed by atoms with Crippen LogP contribution in [-0.4, -0.2) is 42.0 Å². The summed E-state index contributed by atoms with van der Waals surface area (Å²) in [5, 5.41) is 0. The average Bonchev–Trinajstić information content (AvgIpc) is 2.58. The first-order valence-corrected chi connectivity index (χ1v) is 7.54. The second-order valence-electron chi connectivity index (χ2n) is 6.05. The Bertz CT molecular complexity index is 280. The molecule has 0 bridgehead atoms. The van der Waals surface area contributed by atoms with Crippen molar-refractivity contribution in [3.05, 3.63) is 0 Å². The molecule has 18 heavy (non-hydrogen) atoms. The van der Waals surface area contributed by atoms with Crippen molar-refractivity contribution in [2.75, 3.05) is 13.1 Å². The second kappa shape index (κ2) is 6.67. The van der Waals surface area contributed by atoms with E-state index < -0.39 is 0 Å². The van der Waals surface area contributed by atoms with Crippen LogP contribution in [0.5, 0.6) is 0 Å². The zero-order valence-electron chi connectivity index (χ0n) is 11.9. The van der Waals surface area contributed by atoms with Crippen molar-refractivity contribution in [3.8, 4) is 0 Å². The summed E-state index contributed by atoms with van der Waals surface area (Å²) in [7, 11) is 0. The molecule has 3 unspecified atom stereocenters. The summed E-state index contributed by atoms with van der Waals surface area (Å²) < 4.78 is 5.93. The highest BCUT2D eigenvalue weighted by atomic mass is 16.5. The van der Waals surface area contributed by atoms with Gasteiger partial charge < -0.3 is 4.74 Å². The lowest BCUT2D eigenvalue weighted by atomic mass is 10.0. The minimum atomic E-state index is 0.326. The molecule has 0 saturated carbocycles. The largest absolute Gasteiger partial charge is 0.374 e. The van der Waals surface area contributed by atoms with Gasteiger partial charge in [0.05, 0.1) is 12.2 Å². The molecule has 0 aliphatic carbocycles. The van der Waals surface area contributed by atoms with Gasteiger partial charge in [0.15, 0.2) is 0 Å². The minimum absolute atomic E-state index is 0.326. The summed E-state index contributed by atoms with van der Waals surface area (Å²) in [5.74, 6) is 0.326. The summed E-state index contributed by atoms with van der Waals surface area (Å²) in [6.07, 6.45) is 8.96. The molecule has 0 N–H and O–H groups in total. The lowest BCUT2D eigenvalue weighted by molar-refractivity contribution is -0.118. The molecule has 3 nitrogen and oxygen atoms in total. The normalized spacial score (nSPS) is 34.4. The third kappa shape index (κ3) is 4.06. The minimum Gasteiger partial charge on any atom is -0.374 e. The Balaban J connectivity index is 1.90. The van der Waals surface area contributed by atoms with Crippen LogP contribution in [0.3, 0.4) is 0 Å². The molecule has 2 fully saturated rings. The van der Waals surface area contributed by atoms with E-state index >= 15 is 0 Å². The Morgan fingerprint density at radius 2 is 2.06 bits per heavy atom. The van der Waals surface area contributed by atoms with Crippen molar-refractivity contribution in [2.45, 2.75) is 77.0 Å². The zero-order chi connectivity index (χ0) is 13.0. The maximum Gasteiger partial charge on any atom is 0.131 e. The molecule has 2 rings (SSSR count).